The van der Waals surface area contributed by atoms with Crippen molar-refractivity contribution in [2.24, 2.45) is 0 Å². The predicted molar refractivity (Wildman–Crippen MR) is 148 cm³/mol. The first-order valence-electron chi connectivity index (χ1n) is 12.3. The minimum absolute atomic E-state index is 0.0605. The third-order valence-electron chi connectivity index (χ3n) is 6.17. The van der Waals surface area contributed by atoms with Crippen molar-refractivity contribution in [2.45, 2.75) is 19.3 Å². The standard InChI is InChI=1S/C30H26F3N3O5/c1-41-21-10-6-18(7-11-21)16-34-17-19-8-12-25(23(14-19)29(39)40)36-27-15-20(30(31,32)33)9-13-26(27)35-24-5-3-2-4-22(24)28(37)38/h2-15,34-36H,16-17H2,1H3,(H,37,38)(H,39,40). The van der Waals surface area contributed by atoms with Crippen LogP contribution in [0.15, 0.2) is 84.9 Å². The number of anilines is 4. The number of carbonyl (C=O) groups is 2. The van der Waals surface area contributed by atoms with Gasteiger partial charge in [0.2, 0.25) is 0 Å². The molecule has 4 aromatic rings. The van der Waals surface area contributed by atoms with Crippen LogP contribution in [0.5, 0.6) is 5.75 Å². The lowest BCUT2D eigenvalue weighted by Gasteiger charge is -2.19. The Bertz CT molecular complexity index is 1560. The van der Waals surface area contributed by atoms with E-state index in [9.17, 15) is 33.0 Å². The van der Waals surface area contributed by atoms with Crippen molar-refractivity contribution in [3.05, 3.63) is 113 Å². The average Bonchev–Trinajstić information content (AvgIpc) is 2.94. The SMILES string of the molecule is COc1ccc(CNCc2ccc(Nc3cc(C(F)(F)F)ccc3Nc3ccccc3C(=O)O)c(C(=O)O)c2)cc1. The highest BCUT2D eigenvalue weighted by atomic mass is 19.4. The number of aromatic carboxylic acids is 2. The Morgan fingerprint density at radius 1 is 0.707 bits per heavy atom. The number of carboxylic acids is 2. The molecule has 0 bridgehead atoms. The molecule has 0 saturated heterocycles. The summed E-state index contributed by atoms with van der Waals surface area (Å²) >= 11 is 0. The van der Waals surface area contributed by atoms with Crippen molar-refractivity contribution in [1.29, 1.82) is 0 Å². The van der Waals surface area contributed by atoms with Crippen molar-refractivity contribution in [3.8, 4) is 5.75 Å². The summed E-state index contributed by atoms with van der Waals surface area (Å²) in [6.07, 6.45) is -4.66. The molecule has 4 aromatic carbocycles. The summed E-state index contributed by atoms with van der Waals surface area (Å²) in [6.45, 7) is 0.860. The molecule has 0 radical (unpaired) electrons. The molecule has 0 amide bonds. The van der Waals surface area contributed by atoms with Crippen LogP contribution in [0.2, 0.25) is 0 Å². The molecule has 0 saturated carbocycles. The summed E-state index contributed by atoms with van der Waals surface area (Å²) in [4.78, 5) is 23.7. The van der Waals surface area contributed by atoms with E-state index in [1.54, 1.807) is 19.2 Å². The maximum Gasteiger partial charge on any atom is 0.416 e. The van der Waals surface area contributed by atoms with Gasteiger partial charge in [0, 0.05) is 13.1 Å². The Labute approximate surface area is 233 Å². The molecule has 41 heavy (non-hydrogen) atoms. The highest BCUT2D eigenvalue weighted by Gasteiger charge is 2.31. The van der Waals surface area contributed by atoms with Gasteiger partial charge in [0.1, 0.15) is 5.75 Å². The van der Waals surface area contributed by atoms with Crippen LogP contribution in [0.4, 0.5) is 35.9 Å². The lowest BCUT2D eigenvalue weighted by atomic mass is 10.1. The number of carboxylic acid groups (broad SMARTS) is 2. The third kappa shape index (κ3) is 7.34. The fraction of sp³-hybridized carbons (Fsp3) is 0.133. The van der Waals surface area contributed by atoms with E-state index in [0.717, 1.165) is 29.5 Å². The molecular formula is C30H26F3N3O5. The molecule has 212 valence electrons. The number of benzene rings is 4. The van der Waals surface area contributed by atoms with Crippen LogP contribution in [0.3, 0.4) is 0 Å². The normalized spacial score (nSPS) is 11.1. The van der Waals surface area contributed by atoms with Gasteiger partial charge in [-0.1, -0.05) is 30.3 Å². The van der Waals surface area contributed by atoms with Gasteiger partial charge in [-0.3, -0.25) is 0 Å². The predicted octanol–water partition coefficient (Wildman–Crippen LogP) is 6.89. The zero-order valence-electron chi connectivity index (χ0n) is 21.8. The largest absolute Gasteiger partial charge is 0.497 e. The van der Waals surface area contributed by atoms with Crippen LogP contribution in [-0.2, 0) is 19.3 Å². The summed E-state index contributed by atoms with van der Waals surface area (Å²) in [5, 5.41) is 28.2. The molecular weight excluding hydrogens is 539 g/mol. The molecule has 8 nitrogen and oxygen atoms in total. The highest BCUT2D eigenvalue weighted by Crippen LogP contribution is 2.37. The molecule has 5 N–H and O–H groups in total. The maximum absolute atomic E-state index is 13.5. The summed E-state index contributed by atoms with van der Waals surface area (Å²) < 4.78 is 45.8. The number of nitrogens with one attached hydrogen (secondary N) is 3. The van der Waals surface area contributed by atoms with Gasteiger partial charge in [0.25, 0.3) is 0 Å². The summed E-state index contributed by atoms with van der Waals surface area (Å²) in [5.41, 5.74) is 0.689. The summed E-state index contributed by atoms with van der Waals surface area (Å²) in [7, 11) is 1.58. The Kier molecular flexibility index (Phi) is 8.78. The number of alkyl halides is 3. The van der Waals surface area contributed by atoms with Gasteiger partial charge in [-0.05, 0) is 65.7 Å². The molecule has 0 aromatic heterocycles. The van der Waals surface area contributed by atoms with Crippen molar-refractivity contribution in [1.82, 2.24) is 5.32 Å². The zero-order chi connectivity index (χ0) is 29.6. The number of ether oxygens (including phenoxy) is 1. The Balaban J connectivity index is 1.60. The zero-order valence-corrected chi connectivity index (χ0v) is 21.8. The van der Waals surface area contributed by atoms with Gasteiger partial charge < -0.3 is 30.9 Å². The highest BCUT2D eigenvalue weighted by molar-refractivity contribution is 5.98. The Morgan fingerprint density at radius 3 is 1.95 bits per heavy atom. The van der Waals surface area contributed by atoms with Gasteiger partial charge in [-0.2, -0.15) is 13.2 Å². The van der Waals surface area contributed by atoms with Crippen LogP contribution >= 0.6 is 0 Å². The van der Waals surface area contributed by atoms with E-state index < -0.39 is 23.7 Å². The second kappa shape index (κ2) is 12.4. The first kappa shape index (κ1) is 29.0. The fourth-order valence-corrected chi connectivity index (χ4v) is 4.08. The van der Waals surface area contributed by atoms with E-state index in [0.29, 0.717) is 18.7 Å². The number of methoxy groups -OCH3 is 1. The fourth-order valence-electron chi connectivity index (χ4n) is 4.08. The molecule has 11 heteroatoms. The first-order valence-corrected chi connectivity index (χ1v) is 12.3. The van der Waals surface area contributed by atoms with Crippen LogP contribution in [0.1, 0.15) is 37.4 Å². The number of rotatable bonds is 11. The summed E-state index contributed by atoms with van der Waals surface area (Å²) in [6, 6.07) is 20.8. The van der Waals surface area contributed by atoms with Crippen molar-refractivity contribution in [3.63, 3.8) is 0 Å². The van der Waals surface area contributed by atoms with Crippen molar-refractivity contribution >= 4 is 34.7 Å². The molecule has 0 unspecified atom stereocenters. The number of hydrogen-bond acceptors (Lipinski definition) is 6. The van der Waals surface area contributed by atoms with E-state index >= 15 is 0 Å². The number of halogens is 3. The molecule has 4 rings (SSSR count). The van der Waals surface area contributed by atoms with Crippen molar-refractivity contribution < 1.29 is 37.7 Å². The minimum Gasteiger partial charge on any atom is -0.497 e. The molecule has 0 spiro atoms. The molecule has 0 fully saturated rings. The van der Waals surface area contributed by atoms with E-state index in [1.807, 2.05) is 24.3 Å². The van der Waals surface area contributed by atoms with E-state index in [4.69, 9.17) is 4.74 Å². The van der Waals surface area contributed by atoms with Gasteiger partial charge in [-0.15, -0.1) is 0 Å². The van der Waals surface area contributed by atoms with E-state index in [1.165, 1.54) is 30.3 Å². The Hall–Kier alpha value is -5.03. The maximum atomic E-state index is 13.5. The number of hydrogen-bond donors (Lipinski definition) is 5. The lowest BCUT2D eigenvalue weighted by Crippen LogP contribution is -2.14. The van der Waals surface area contributed by atoms with E-state index in [2.05, 4.69) is 16.0 Å². The topological polar surface area (TPSA) is 120 Å². The van der Waals surface area contributed by atoms with Crippen LogP contribution in [0.25, 0.3) is 0 Å². The smallest absolute Gasteiger partial charge is 0.416 e. The van der Waals surface area contributed by atoms with Gasteiger partial charge in [0.15, 0.2) is 0 Å². The second-order valence-electron chi connectivity index (χ2n) is 9.00. The van der Waals surface area contributed by atoms with Gasteiger partial charge >= 0.3 is 18.1 Å². The molecule has 0 heterocycles. The third-order valence-corrected chi connectivity index (χ3v) is 6.17. The molecule has 0 aliphatic rings. The van der Waals surface area contributed by atoms with Crippen LogP contribution < -0.4 is 20.7 Å². The van der Waals surface area contributed by atoms with Crippen LogP contribution in [0, 0.1) is 0 Å². The lowest BCUT2D eigenvalue weighted by molar-refractivity contribution is -0.137. The first-order chi connectivity index (χ1) is 19.5. The quantitative estimate of drug-likeness (QED) is 0.133. The van der Waals surface area contributed by atoms with Crippen molar-refractivity contribution in [2.75, 3.05) is 17.7 Å². The average molecular weight is 566 g/mol. The number of para-hydroxylation sites is 1. The van der Waals surface area contributed by atoms with Gasteiger partial charge in [-0.25, -0.2) is 9.59 Å². The molecule has 0 atom stereocenters. The monoisotopic (exact) mass is 565 g/mol. The van der Waals surface area contributed by atoms with E-state index in [-0.39, 0.29) is 33.9 Å². The van der Waals surface area contributed by atoms with Crippen LogP contribution in [-0.4, -0.2) is 29.3 Å². The summed E-state index contributed by atoms with van der Waals surface area (Å²) in [5.74, 6) is -1.77. The van der Waals surface area contributed by atoms with Gasteiger partial charge in [0.05, 0.1) is 46.5 Å². The molecule has 0 aliphatic carbocycles. The second-order valence-corrected chi connectivity index (χ2v) is 9.00. The minimum atomic E-state index is -4.66. The molecule has 0 aliphatic heterocycles. The Morgan fingerprint density at radius 2 is 1.29 bits per heavy atom.